The van der Waals surface area contributed by atoms with Crippen LogP contribution in [0.3, 0.4) is 0 Å². The molecule has 0 unspecified atom stereocenters. The van der Waals surface area contributed by atoms with Gasteiger partial charge in [-0.25, -0.2) is 13.4 Å². The summed E-state index contributed by atoms with van der Waals surface area (Å²) in [5.74, 6) is 0. The first-order valence-electron chi connectivity index (χ1n) is 8.03. The van der Waals surface area contributed by atoms with Gasteiger partial charge >= 0.3 is 0 Å². The molecular formula is C17H16ClN3O3S2. The zero-order valence-electron chi connectivity index (χ0n) is 13.7. The Morgan fingerprint density at radius 1 is 1.15 bits per heavy atom. The van der Waals surface area contributed by atoms with Crippen molar-refractivity contribution >= 4 is 54.0 Å². The number of ether oxygens (including phenoxy) is 1. The number of anilines is 2. The lowest BCUT2D eigenvalue weighted by molar-refractivity contribution is 0.122. The standard InChI is InChI=1S/C17H16ClN3O3S2/c18-12-2-1-3-14(10-12)26(22,23)20-13-4-5-15-16(11-13)25-17(19-15)21-6-8-24-9-7-21/h1-5,10-11,20H,6-9H2. The van der Waals surface area contributed by atoms with Crippen LogP contribution in [0, 0.1) is 0 Å². The van der Waals surface area contributed by atoms with Crippen LogP contribution >= 0.6 is 22.9 Å². The van der Waals surface area contributed by atoms with Crippen LogP contribution in [-0.4, -0.2) is 39.7 Å². The van der Waals surface area contributed by atoms with E-state index in [1.54, 1.807) is 35.6 Å². The van der Waals surface area contributed by atoms with Crippen molar-refractivity contribution in [3.63, 3.8) is 0 Å². The van der Waals surface area contributed by atoms with E-state index in [-0.39, 0.29) is 4.90 Å². The van der Waals surface area contributed by atoms with Gasteiger partial charge in [0.25, 0.3) is 10.0 Å². The Kier molecular flexibility index (Phi) is 4.74. The molecule has 1 aliphatic heterocycles. The fourth-order valence-electron chi connectivity index (χ4n) is 2.71. The van der Waals surface area contributed by atoms with Crippen molar-refractivity contribution < 1.29 is 13.2 Å². The molecule has 0 bridgehead atoms. The molecule has 0 amide bonds. The van der Waals surface area contributed by atoms with Gasteiger partial charge in [0, 0.05) is 18.1 Å². The fraction of sp³-hybridized carbons (Fsp3) is 0.235. The van der Waals surface area contributed by atoms with Gasteiger partial charge in [0.05, 0.1) is 34.0 Å². The summed E-state index contributed by atoms with van der Waals surface area (Å²) < 4.78 is 34.0. The highest BCUT2D eigenvalue weighted by molar-refractivity contribution is 7.92. The summed E-state index contributed by atoms with van der Waals surface area (Å²) in [4.78, 5) is 6.95. The summed E-state index contributed by atoms with van der Waals surface area (Å²) in [6, 6.07) is 11.5. The van der Waals surface area contributed by atoms with Gasteiger partial charge in [-0.3, -0.25) is 4.72 Å². The molecule has 0 saturated carbocycles. The molecule has 1 aliphatic rings. The zero-order valence-corrected chi connectivity index (χ0v) is 16.1. The smallest absolute Gasteiger partial charge is 0.261 e. The number of halogens is 1. The first kappa shape index (κ1) is 17.5. The molecule has 0 spiro atoms. The number of nitrogens with zero attached hydrogens (tertiary/aromatic N) is 2. The average molecular weight is 410 g/mol. The van der Waals surface area contributed by atoms with Crippen LogP contribution in [0.5, 0.6) is 0 Å². The average Bonchev–Trinajstić information content (AvgIpc) is 3.05. The third-order valence-corrected chi connectivity index (χ3v) is 6.71. The van der Waals surface area contributed by atoms with E-state index >= 15 is 0 Å². The van der Waals surface area contributed by atoms with E-state index < -0.39 is 10.0 Å². The maximum Gasteiger partial charge on any atom is 0.261 e. The Bertz CT molecular complexity index is 1050. The van der Waals surface area contributed by atoms with Crippen LogP contribution in [0.1, 0.15) is 0 Å². The Labute approximate surface area is 160 Å². The third kappa shape index (κ3) is 3.64. The van der Waals surface area contributed by atoms with E-state index in [1.165, 1.54) is 12.1 Å². The van der Waals surface area contributed by atoms with Gasteiger partial charge in [-0.15, -0.1) is 0 Å². The molecule has 3 aromatic rings. The van der Waals surface area contributed by atoms with Crippen LogP contribution in [0.4, 0.5) is 10.8 Å². The highest BCUT2D eigenvalue weighted by Crippen LogP contribution is 2.31. The van der Waals surface area contributed by atoms with Gasteiger partial charge in [0.2, 0.25) is 0 Å². The van der Waals surface area contributed by atoms with Crippen molar-refractivity contribution in [1.29, 1.82) is 0 Å². The van der Waals surface area contributed by atoms with Gasteiger partial charge in [-0.1, -0.05) is 29.0 Å². The molecule has 1 aromatic heterocycles. The molecule has 2 aromatic carbocycles. The summed E-state index contributed by atoms with van der Waals surface area (Å²) in [5.41, 5.74) is 1.34. The van der Waals surface area contributed by atoms with Crippen molar-refractivity contribution in [3.8, 4) is 0 Å². The summed E-state index contributed by atoms with van der Waals surface area (Å²) in [6.45, 7) is 3.02. The predicted octanol–water partition coefficient (Wildman–Crippen LogP) is 3.59. The van der Waals surface area contributed by atoms with E-state index in [0.717, 1.165) is 28.4 Å². The number of rotatable bonds is 4. The van der Waals surface area contributed by atoms with Crippen LogP contribution < -0.4 is 9.62 Å². The Morgan fingerprint density at radius 2 is 1.96 bits per heavy atom. The number of nitrogens with one attached hydrogen (secondary N) is 1. The molecule has 26 heavy (non-hydrogen) atoms. The van der Waals surface area contributed by atoms with Gasteiger partial charge < -0.3 is 9.64 Å². The lowest BCUT2D eigenvalue weighted by Gasteiger charge is -2.25. The van der Waals surface area contributed by atoms with E-state index in [4.69, 9.17) is 16.3 Å². The number of hydrogen-bond donors (Lipinski definition) is 1. The monoisotopic (exact) mass is 409 g/mol. The Balaban J connectivity index is 1.61. The molecular weight excluding hydrogens is 394 g/mol. The number of hydrogen-bond acceptors (Lipinski definition) is 6. The summed E-state index contributed by atoms with van der Waals surface area (Å²) in [6.07, 6.45) is 0. The van der Waals surface area contributed by atoms with Gasteiger partial charge in [-0.05, 0) is 36.4 Å². The highest BCUT2D eigenvalue weighted by Gasteiger charge is 2.17. The second-order valence-electron chi connectivity index (χ2n) is 5.84. The van der Waals surface area contributed by atoms with Crippen LogP contribution in [0.2, 0.25) is 5.02 Å². The van der Waals surface area contributed by atoms with E-state index in [9.17, 15) is 8.42 Å². The second-order valence-corrected chi connectivity index (χ2v) is 8.97. The minimum absolute atomic E-state index is 0.128. The quantitative estimate of drug-likeness (QED) is 0.713. The maximum atomic E-state index is 12.5. The summed E-state index contributed by atoms with van der Waals surface area (Å²) in [5, 5.41) is 1.30. The molecule has 0 radical (unpaired) electrons. The Morgan fingerprint density at radius 3 is 2.73 bits per heavy atom. The van der Waals surface area contributed by atoms with Gasteiger partial charge in [0.15, 0.2) is 5.13 Å². The molecule has 0 aliphatic carbocycles. The largest absolute Gasteiger partial charge is 0.378 e. The molecule has 0 atom stereocenters. The molecule has 136 valence electrons. The normalized spacial score (nSPS) is 15.3. The lowest BCUT2D eigenvalue weighted by atomic mass is 10.3. The van der Waals surface area contributed by atoms with Crippen LogP contribution in [0.15, 0.2) is 47.4 Å². The van der Waals surface area contributed by atoms with E-state index in [1.807, 2.05) is 6.07 Å². The number of thiazole rings is 1. The first-order valence-corrected chi connectivity index (χ1v) is 10.7. The van der Waals surface area contributed by atoms with Crippen molar-refractivity contribution in [2.24, 2.45) is 0 Å². The van der Waals surface area contributed by atoms with Crippen LogP contribution in [0.25, 0.3) is 10.2 Å². The van der Waals surface area contributed by atoms with Crippen molar-refractivity contribution in [2.45, 2.75) is 4.90 Å². The molecule has 4 rings (SSSR count). The SMILES string of the molecule is O=S(=O)(Nc1ccc2nc(N3CCOCC3)sc2c1)c1cccc(Cl)c1. The molecule has 1 fully saturated rings. The number of fused-ring (bicyclic) bond motifs is 1. The molecule has 1 N–H and O–H groups in total. The maximum absolute atomic E-state index is 12.5. The minimum atomic E-state index is -3.70. The van der Waals surface area contributed by atoms with Crippen LogP contribution in [-0.2, 0) is 14.8 Å². The topological polar surface area (TPSA) is 71.5 Å². The van der Waals surface area contributed by atoms with Crippen molar-refractivity contribution in [1.82, 2.24) is 4.98 Å². The fourth-order valence-corrected chi connectivity index (χ4v) is 5.12. The number of aromatic nitrogens is 1. The molecule has 6 nitrogen and oxygen atoms in total. The van der Waals surface area contributed by atoms with Crippen molar-refractivity contribution in [3.05, 3.63) is 47.5 Å². The van der Waals surface area contributed by atoms with Gasteiger partial charge in [0.1, 0.15) is 0 Å². The molecule has 9 heteroatoms. The molecule has 1 saturated heterocycles. The predicted molar refractivity (Wildman–Crippen MR) is 105 cm³/mol. The highest BCUT2D eigenvalue weighted by atomic mass is 35.5. The molecule has 2 heterocycles. The number of sulfonamides is 1. The zero-order chi connectivity index (χ0) is 18.1. The van der Waals surface area contributed by atoms with E-state index in [2.05, 4.69) is 14.6 Å². The Hall–Kier alpha value is -1.87. The van der Waals surface area contributed by atoms with Crippen molar-refractivity contribution in [2.75, 3.05) is 35.9 Å². The number of benzene rings is 2. The third-order valence-electron chi connectivity index (χ3n) is 4.02. The second kappa shape index (κ2) is 7.03. The first-order chi connectivity index (χ1) is 12.5. The number of morpholine rings is 1. The van der Waals surface area contributed by atoms with E-state index in [0.29, 0.717) is 23.9 Å². The summed E-state index contributed by atoms with van der Waals surface area (Å²) >= 11 is 7.44. The minimum Gasteiger partial charge on any atom is -0.378 e. The lowest BCUT2D eigenvalue weighted by Crippen LogP contribution is -2.36. The summed E-state index contributed by atoms with van der Waals surface area (Å²) in [7, 11) is -3.70. The van der Waals surface area contributed by atoms with Gasteiger partial charge in [-0.2, -0.15) is 0 Å².